The molecule has 0 atom stereocenters. The van der Waals surface area contributed by atoms with Crippen molar-refractivity contribution < 1.29 is 4.42 Å². The van der Waals surface area contributed by atoms with Crippen LogP contribution in [0.2, 0.25) is 15.1 Å². The van der Waals surface area contributed by atoms with Gasteiger partial charge in [0.1, 0.15) is 0 Å². The van der Waals surface area contributed by atoms with Gasteiger partial charge in [0, 0.05) is 16.8 Å². The molecule has 1 aromatic carbocycles. The summed E-state index contributed by atoms with van der Waals surface area (Å²) in [6.07, 6.45) is 1.71. The number of nitrogens with zero attached hydrogens (tertiary/aromatic N) is 5. The topological polar surface area (TPSA) is 69.1 Å². The van der Waals surface area contributed by atoms with Gasteiger partial charge in [0.05, 0.1) is 15.8 Å². The van der Waals surface area contributed by atoms with Crippen LogP contribution in [-0.4, -0.2) is 24.8 Å². The number of hydrogen-bond donors (Lipinski definition) is 0. The van der Waals surface area contributed by atoms with E-state index < -0.39 is 0 Å². The zero-order chi connectivity index (χ0) is 17.4. The molecule has 6 nitrogen and oxygen atoms in total. The molecule has 0 aliphatic carbocycles. The van der Waals surface area contributed by atoms with Gasteiger partial charge < -0.3 is 4.42 Å². The monoisotopic (exact) mass is 411 g/mol. The van der Waals surface area contributed by atoms with Crippen LogP contribution in [-0.2, 0) is 5.75 Å². The van der Waals surface area contributed by atoms with Crippen molar-refractivity contribution in [2.75, 3.05) is 0 Å². The molecule has 25 heavy (non-hydrogen) atoms. The SMILES string of the molecule is Clc1ccc(-c2nnc(CSc3nnc4c(Cl)cc(Cl)cn34)o2)cc1. The average molecular weight is 413 g/mol. The highest BCUT2D eigenvalue weighted by atomic mass is 35.5. The van der Waals surface area contributed by atoms with Gasteiger partial charge in [-0.1, -0.05) is 46.6 Å². The van der Waals surface area contributed by atoms with Gasteiger partial charge in [0.15, 0.2) is 10.8 Å². The van der Waals surface area contributed by atoms with Crippen molar-refractivity contribution in [3.63, 3.8) is 0 Å². The largest absolute Gasteiger partial charge is 0.420 e. The highest BCUT2D eigenvalue weighted by Crippen LogP contribution is 2.28. The number of halogens is 3. The zero-order valence-corrected chi connectivity index (χ0v) is 15.4. The lowest BCUT2D eigenvalue weighted by Crippen LogP contribution is -1.89. The smallest absolute Gasteiger partial charge is 0.247 e. The van der Waals surface area contributed by atoms with Gasteiger partial charge in [-0.15, -0.1) is 20.4 Å². The molecular weight excluding hydrogens is 405 g/mol. The molecule has 0 saturated carbocycles. The standard InChI is InChI=1S/C15H8Cl3N5OS/c16-9-3-1-8(2-4-9)14-21-19-12(24-14)7-25-15-22-20-13-11(18)5-10(17)6-23(13)15/h1-6H,7H2. The van der Waals surface area contributed by atoms with E-state index in [4.69, 9.17) is 39.2 Å². The van der Waals surface area contributed by atoms with E-state index in [-0.39, 0.29) is 0 Å². The lowest BCUT2D eigenvalue weighted by atomic mass is 10.2. The molecule has 3 heterocycles. The van der Waals surface area contributed by atoms with E-state index in [0.717, 1.165) is 5.56 Å². The third-order valence-electron chi connectivity index (χ3n) is 3.28. The average Bonchev–Trinajstić information content (AvgIpc) is 3.21. The van der Waals surface area contributed by atoms with Crippen molar-refractivity contribution >= 4 is 52.2 Å². The maximum Gasteiger partial charge on any atom is 0.247 e. The molecule has 4 rings (SSSR count). The van der Waals surface area contributed by atoms with Crippen molar-refractivity contribution in [3.8, 4) is 11.5 Å². The molecule has 0 aliphatic heterocycles. The normalized spacial score (nSPS) is 11.3. The van der Waals surface area contributed by atoms with Crippen molar-refractivity contribution in [1.29, 1.82) is 0 Å². The second-order valence-corrected chi connectivity index (χ2v) is 7.20. The van der Waals surface area contributed by atoms with E-state index in [2.05, 4.69) is 20.4 Å². The van der Waals surface area contributed by atoms with Crippen LogP contribution in [0.3, 0.4) is 0 Å². The lowest BCUT2D eigenvalue weighted by molar-refractivity contribution is 0.528. The van der Waals surface area contributed by atoms with Gasteiger partial charge in [-0.25, -0.2) is 0 Å². The molecule has 3 aromatic heterocycles. The molecule has 10 heteroatoms. The Kier molecular flexibility index (Phi) is 4.56. The highest BCUT2D eigenvalue weighted by Gasteiger charge is 2.13. The number of aromatic nitrogens is 5. The molecule has 0 radical (unpaired) electrons. The van der Waals surface area contributed by atoms with Crippen LogP contribution >= 0.6 is 46.6 Å². The summed E-state index contributed by atoms with van der Waals surface area (Å²) >= 11 is 19.4. The van der Waals surface area contributed by atoms with Crippen LogP contribution in [0.5, 0.6) is 0 Å². The fraction of sp³-hybridized carbons (Fsp3) is 0.0667. The summed E-state index contributed by atoms with van der Waals surface area (Å²) in [5, 5.41) is 18.5. The minimum atomic E-state index is 0.435. The van der Waals surface area contributed by atoms with Crippen LogP contribution < -0.4 is 0 Å². The van der Waals surface area contributed by atoms with Gasteiger partial charge in [0.25, 0.3) is 0 Å². The molecule has 0 amide bonds. The van der Waals surface area contributed by atoms with Gasteiger partial charge in [-0.05, 0) is 30.3 Å². The predicted octanol–water partition coefficient (Wildman–Crippen LogP) is 5.03. The van der Waals surface area contributed by atoms with Crippen molar-refractivity contribution in [1.82, 2.24) is 24.8 Å². The van der Waals surface area contributed by atoms with Crippen LogP contribution in [0, 0.1) is 0 Å². The third-order valence-corrected chi connectivity index (χ3v) is 4.94. The first kappa shape index (κ1) is 16.7. The fourth-order valence-corrected chi connectivity index (χ4v) is 3.53. The number of pyridine rings is 1. The number of fused-ring (bicyclic) bond motifs is 1. The second-order valence-electron chi connectivity index (χ2n) is 4.98. The van der Waals surface area contributed by atoms with Crippen LogP contribution in [0.25, 0.3) is 17.1 Å². The summed E-state index contributed by atoms with van der Waals surface area (Å²) in [4.78, 5) is 0. The van der Waals surface area contributed by atoms with Crippen LogP contribution in [0.15, 0.2) is 46.1 Å². The highest BCUT2D eigenvalue weighted by molar-refractivity contribution is 7.98. The van der Waals surface area contributed by atoms with Crippen molar-refractivity contribution in [3.05, 3.63) is 57.5 Å². The molecular formula is C15H8Cl3N5OS. The molecule has 0 bridgehead atoms. The Morgan fingerprint density at radius 3 is 2.56 bits per heavy atom. The van der Waals surface area contributed by atoms with Gasteiger partial charge in [-0.2, -0.15) is 0 Å². The van der Waals surface area contributed by atoms with Gasteiger partial charge in [0.2, 0.25) is 11.8 Å². The Morgan fingerprint density at radius 2 is 1.76 bits per heavy atom. The second kappa shape index (κ2) is 6.84. The van der Waals surface area contributed by atoms with Crippen LogP contribution in [0.1, 0.15) is 5.89 Å². The minimum Gasteiger partial charge on any atom is -0.420 e. The van der Waals surface area contributed by atoms with Crippen molar-refractivity contribution in [2.24, 2.45) is 0 Å². The molecule has 0 aliphatic rings. The Balaban J connectivity index is 1.53. The first-order valence-electron chi connectivity index (χ1n) is 7.01. The lowest BCUT2D eigenvalue weighted by Gasteiger charge is -2.00. The molecule has 0 N–H and O–H groups in total. The predicted molar refractivity (Wildman–Crippen MR) is 97.3 cm³/mol. The number of hydrogen-bond acceptors (Lipinski definition) is 6. The first-order valence-corrected chi connectivity index (χ1v) is 9.13. The summed E-state index contributed by atoms with van der Waals surface area (Å²) in [6, 6.07) is 8.81. The van der Waals surface area contributed by atoms with E-state index in [1.165, 1.54) is 11.8 Å². The third kappa shape index (κ3) is 3.46. The maximum absolute atomic E-state index is 6.11. The summed E-state index contributed by atoms with van der Waals surface area (Å²) in [6.45, 7) is 0. The first-order chi connectivity index (χ1) is 12.1. The summed E-state index contributed by atoms with van der Waals surface area (Å²) in [5.74, 6) is 1.34. The van der Waals surface area contributed by atoms with E-state index in [1.807, 2.05) is 12.1 Å². The Morgan fingerprint density at radius 1 is 0.960 bits per heavy atom. The molecule has 126 valence electrons. The molecule has 0 saturated heterocycles. The fourth-order valence-electron chi connectivity index (χ4n) is 2.15. The van der Waals surface area contributed by atoms with E-state index in [0.29, 0.717) is 43.4 Å². The summed E-state index contributed by atoms with van der Waals surface area (Å²) in [5.41, 5.74) is 1.35. The van der Waals surface area contributed by atoms with Gasteiger partial charge in [-0.3, -0.25) is 4.40 Å². The molecule has 0 fully saturated rings. The minimum absolute atomic E-state index is 0.435. The molecule has 0 spiro atoms. The summed E-state index contributed by atoms with van der Waals surface area (Å²) in [7, 11) is 0. The Bertz CT molecular complexity index is 1050. The van der Waals surface area contributed by atoms with E-state index in [1.54, 1.807) is 28.8 Å². The number of rotatable bonds is 4. The Hall–Kier alpha value is -1.80. The Labute approximate surface area is 161 Å². The quantitative estimate of drug-likeness (QED) is 0.438. The zero-order valence-electron chi connectivity index (χ0n) is 12.4. The number of benzene rings is 1. The van der Waals surface area contributed by atoms with E-state index in [9.17, 15) is 0 Å². The maximum atomic E-state index is 6.11. The van der Waals surface area contributed by atoms with E-state index >= 15 is 0 Å². The van der Waals surface area contributed by atoms with Crippen molar-refractivity contribution in [2.45, 2.75) is 10.9 Å². The van der Waals surface area contributed by atoms with Crippen LogP contribution in [0.4, 0.5) is 0 Å². The molecule has 4 aromatic rings. The number of thioether (sulfide) groups is 1. The molecule has 0 unspecified atom stereocenters. The van der Waals surface area contributed by atoms with Gasteiger partial charge >= 0.3 is 0 Å². The summed E-state index contributed by atoms with van der Waals surface area (Å²) < 4.78 is 7.40.